The molecule has 0 heterocycles. The summed E-state index contributed by atoms with van der Waals surface area (Å²) in [5.74, 6) is -0.866. The van der Waals surface area contributed by atoms with Crippen molar-refractivity contribution in [2.45, 2.75) is 46.6 Å². The van der Waals surface area contributed by atoms with E-state index in [9.17, 15) is 8.78 Å². The summed E-state index contributed by atoms with van der Waals surface area (Å²) in [7, 11) is 0. The van der Waals surface area contributed by atoms with E-state index in [-0.39, 0.29) is 11.6 Å². The molecule has 4 heteroatoms. The molecule has 120 valence electrons. The number of nitrogens with one attached hydrogen (secondary N) is 1. The summed E-state index contributed by atoms with van der Waals surface area (Å²) in [5, 5.41) is 3.29. The molecule has 1 atom stereocenters. The highest BCUT2D eigenvalue weighted by molar-refractivity contribution is 5.29. The van der Waals surface area contributed by atoms with Gasteiger partial charge in [0.15, 0.2) is 0 Å². The van der Waals surface area contributed by atoms with Gasteiger partial charge in [-0.15, -0.1) is 0 Å². The van der Waals surface area contributed by atoms with Crippen LogP contribution in [0.4, 0.5) is 8.78 Å². The van der Waals surface area contributed by atoms with Crippen LogP contribution >= 0.6 is 0 Å². The van der Waals surface area contributed by atoms with E-state index in [1.165, 1.54) is 12.1 Å². The van der Waals surface area contributed by atoms with Gasteiger partial charge in [-0.1, -0.05) is 26.8 Å². The largest absolute Gasteiger partial charge is 0.310 e. The summed E-state index contributed by atoms with van der Waals surface area (Å²) < 4.78 is 28.4. The molecule has 21 heavy (non-hydrogen) atoms. The third kappa shape index (κ3) is 5.04. The maximum absolute atomic E-state index is 14.3. The lowest BCUT2D eigenvalue weighted by Crippen LogP contribution is -2.31. The van der Waals surface area contributed by atoms with Crippen molar-refractivity contribution in [3.8, 4) is 0 Å². The fourth-order valence-corrected chi connectivity index (χ4v) is 2.52. The van der Waals surface area contributed by atoms with Crippen molar-refractivity contribution in [1.29, 1.82) is 0 Å². The molecule has 1 aromatic rings. The minimum absolute atomic E-state index is 0.190. The SMILES string of the molecule is CCCNC(CCN(CC)CC)c1c(F)ccc(C)c1F. The molecule has 1 aromatic carbocycles. The Labute approximate surface area is 127 Å². The van der Waals surface area contributed by atoms with Crippen LogP contribution in [-0.2, 0) is 0 Å². The van der Waals surface area contributed by atoms with Crippen molar-refractivity contribution in [3.63, 3.8) is 0 Å². The number of hydrogen-bond acceptors (Lipinski definition) is 2. The fraction of sp³-hybridized carbons (Fsp3) is 0.647. The number of rotatable bonds is 9. The van der Waals surface area contributed by atoms with Crippen LogP contribution in [0.25, 0.3) is 0 Å². The molecule has 0 aromatic heterocycles. The molecular weight excluding hydrogens is 270 g/mol. The van der Waals surface area contributed by atoms with E-state index in [2.05, 4.69) is 31.0 Å². The fourth-order valence-electron chi connectivity index (χ4n) is 2.52. The second-order valence-corrected chi connectivity index (χ2v) is 5.41. The van der Waals surface area contributed by atoms with Gasteiger partial charge in [-0.3, -0.25) is 0 Å². The van der Waals surface area contributed by atoms with Crippen molar-refractivity contribution in [3.05, 3.63) is 34.9 Å². The first kappa shape index (κ1) is 18.1. The smallest absolute Gasteiger partial charge is 0.133 e. The first-order chi connectivity index (χ1) is 10.0. The van der Waals surface area contributed by atoms with Gasteiger partial charge < -0.3 is 10.2 Å². The van der Waals surface area contributed by atoms with Gasteiger partial charge in [0, 0.05) is 11.6 Å². The maximum Gasteiger partial charge on any atom is 0.133 e. The van der Waals surface area contributed by atoms with Gasteiger partial charge in [-0.2, -0.15) is 0 Å². The van der Waals surface area contributed by atoms with E-state index in [4.69, 9.17) is 0 Å². The van der Waals surface area contributed by atoms with Crippen LogP contribution in [0.5, 0.6) is 0 Å². The summed E-state index contributed by atoms with van der Waals surface area (Å²) in [5.41, 5.74) is 0.688. The van der Waals surface area contributed by atoms with E-state index in [0.29, 0.717) is 12.0 Å². The number of benzene rings is 1. The van der Waals surface area contributed by atoms with Gasteiger partial charge in [0.05, 0.1) is 0 Å². The molecule has 0 bridgehead atoms. The molecule has 1 N–H and O–H groups in total. The summed E-state index contributed by atoms with van der Waals surface area (Å²) >= 11 is 0. The third-order valence-corrected chi connectivity index (χ3v) is 3.94. The van der Waals surface area contributed by atoms with Crippen molar-refractivity contribution in [2.24, 2.45) is 0 Å². The maximum atomic E-state index is 14.3. The minimum Gasteiger partial charge on any atom is -0.310 e. The highest BCUT2D eigenvalue weighted by Gasteiger charge is 2.21. The molecule has 0 radical (unpaired) electrons. The highest BCUT2D eigenvalue weighted by atomic mass is 19.1. The molecule has 1 unspecified atom stereocenters. The zero-order valence-electron chi connectivity index (χ0n) is 13.7. The Morgan fingerprint density at radius 2 is 1.81 bits per heavy atom. The normalized spacial score (nSPS) is 12.9. The van der Waals surface area contributed by atoms with Crippen LogP contribution in [0.1, 0.15) is 50.8 Å². The summed E-state index contributed by atoms with van der Waals surface area (Å²) in [6.45, 7) is 11.4. The first-order valence-electron chi connectivity index (χ1n) is 7.95. The minimum atomic E-state index is -0.453. The van der Waals surface area contributed by atoms with Gasteiger partial charge >= 0.3 is 0 Å². The molecule has 0 fully saturated rings. The van der Waals surface area contributed by atoms with Crippen LogP contribution in [0.3, 0.4) is 0 Å². The zero-order valence-corrected chi connectivity index (χ0v) is 13.7. The van der Waals surface area contributed by atoms with Crippen LogP contribution in [0.2, 0.25) is 0 Å². The molecule has 0 aliphatic heterocycles. The van der Waals surface area contributed by atoms with Crippen molar-refractivity contribution < 1.29 is 8.78 Å². The van der Waals surface area contributed by atoms with Crippen molar-refractivity contribution in [1.82, 2.24) is 10.2 Å². The third-order valence-electron chi connectivity index (χ3n) is 3.94. The average molecular weight is 298 g/mol. The number of aryl methyl sites for hydroxylation is 1. The molecule has 0 aliphatic carbocycles. The molecule has 0 saturated heterocycles. The van der Waals surface area contributed by atoms with Gasteiger partial charge in [0.1, 0.15) is 11.6 Å². The average Bonchev–Trinajstić information content (AvgIpc) is 2.49. The Balaban J connectivity index is 2.94. The van der Waals surface area contributed by atoms with E-state index in [1.54, 1.807) is 6.92 Å². The Morgan fingerprint density at radius 3 is 2.38 bits per heavy atom. The van der Waals surface area contributed by atoms with Crippen molar-refractivity contribution >= 4 is 0 Å². The number of nitrogens with zero attached hydrogens (tertiary/aromatic N) is 1. The second-order valence-electron chi connectivity index (χ2n) is 5.41. The Hall–Kier alpha value is -1.00. The van der Waals surface area contributed by atoms with Crippen LogP contribution < -0.4 is 5.32 Å². The van der Waals surface area contributed by atoms with Gasteiger partial charge in [0.2, 0.25) is 0 Å². The molecule has 2 nitrogen and oxygen atoms in total. The second kappa shape index (κ2) is 9.11. The summed E-state index contributed by atoms with van der Waals surface area (Å²) in [4.78, 5) is 2.27. The lowest BCUT2D eigenvalue weighted by Gasteiger charge is -2.25. The van der Waals surface area contributed by atoms with Crippen LogP contribution in [0.15, 0.2) is 12.1 Å². The first-order valence-corrected chi connectivity index (χ1v) is 7.95. The molecule has 0 aliphatic rings. The molecule has 1 rings (SSSR count). The number of hydrogen-bond donors (Lipinski definition) is 1. The molecular formula is C17H28F2N2. The van der Waals surface area contributed by atoms with Crippen LogP contribution in [-0.4, -0.2) is 31.1 Å². The van der Waals surface area contributed by atoms with Gasteiger partial charge in [0.25, 0.3) is 0 Å². The lowest BCUT2D eigenvalue weighted by atomic mass is 9.99. The van der Waals surface area contributed by atoms with E-state index in [1.807, 2.05) is 0 Å². The zero-order chi connectivity index (χ0) is 15.8. The topological polar surface area (TPSA) is 15.3 Å². The Bertz CT molecular complexity index is 431. The van der Waals surface area contributed by atoms with Gasteiger partial charge in [-0.25, -0.2) is 8.78 Å². The van der Waals surface area contributed by atoms with Crippen molar-refractivity contribution in [2.75, 3.05) is 26.2 Å². The number of halogens is 2. The predicted molar refractivity (Wildman–Crippen MR) is 84.5 cm³/mol. The standard InChI is InChI=1S/C17H28F2N2/c1-5-11-20-15(10-12-21(6-2)7-3)16-14(18)9-8-13(4)17(16)19/h8-9,15,20H,5-7,10-12H2,1-4H3. The summed E-state index contributed by atoms with van der Waals surface area (Å²) in [6.07, 6.45) is 1.65. The quantitative estimate of drug-likeness (QED) is 0.740. The summed E-state index contributed by atoms with van der Waals surface area (Å²) in [6, 6.07) is 2.59. The molecule has 0 spiro atoms. The Kier molecular flexibility index (Phi) is 7.83. The van der Waals surface area contributed by atoms with E-state index < -0.39 is 11.6 Å². The molecule has 0 saturated carbocycles. The lowest BCUT2D eigenvalue weighted by molar-refractivity contribution is 0.278. The van der Waals surface area contributed by atoms with E-state index in [0.717, 1.165) is 32.6 Å². The highest BCUT2D eigenvalue weighted by Crippen LogP contribution is 2.26. The predicted octanol–water partition coefficient (Wildman–Crippen LogP) is 4.05. The van der Waals surface area contributed by atoms with Gasteiger partial charge in [-0.05, 0) is 57.6 Å². The monoisotopic (exact) mass is 298 g/mol. The van der Waals surface area contributed by atoms with E-state index >= 15 is 0 Å². The van der Waals surface area contributed by atoms with Crippen LogP contribution in [0, 0.1) is 18.6 Å². The molecule has 0 amide bonds. The Morgan fingerprint density at radius 1 is 1.14 bits per heavy atom.